The van der Waals surface area contributed by atoms with Crippen LogP contribution in [-0.2, 0) is 11.2 Å². The second-order valence-electron chi connectivity index (χ2n) is 8.46. The van der Waals surface area contributed by atoms with Crippen LogP contribution in [-0.4, -0.2) is 43.6 Å². The minimum absolute atomic E-state index is 0.00879. The van der Waals surface area contributed by atoms with Gasteiger partial charge in [-0.05, 0) is 63.2 Å². The summed E-state index contributed by atoms with van der Waals surface area (Å²) in [5, 5.41) is 4.23. The first-order valence-electron chi connectivity index (χ1n) is 10.8. The molecule has 0 bridgehead atoms. The summed E-state index contributed by atoms with van der Waals surface area (Å²) in [6.45, 7) is 4.85. The van der Waals surface area contributed by atoms with E-state index in [2.05, 4.69) is 10.2 Å². The zero-order chi connectivity index (χ0) is 21.3. The van der Waals surface area contributed by atoms with Crippen molar-refractivity contribution in [3.8, 4) is 5.75 Å². The second-order valence-corrected chi connectivity index (χ2v) is 8.87. The highest BCUT2D eigenvalue weighted by atomic mass is 35.5. The average Bonchev–Trinajstić information content (AvgIpc) is 2.75. The van der Waals surface area contributed by atoms with Crippen molar-refractivity contribution in [1.82, 2.24) is 10.2 Å². The van der Waals surface area contributed by atoms with Crippen LogP contribution in [0.1, 0.15) is 43.2 Å². The molecule has 4 rings (SSSR count). The number of halogens is 1. The van der Waals surface area contributed by atoms with E-state index in [-0.39, 0.29) is 12.3 Å². The maximum atomic E-state index is 12.7. The molecule has 2 saturated heterocycles. The SMILES string of the molecule is COc1cc2oc(=O)c(CC(=O)NC[C@@H]3CCCN4CCCC[C@H]34)c(C)c2cc1Cl. The monoisotopic (exact) mass is 432 g/mol. The van der Waals surface area contributed by atoms with E-state index in [0.717, 1.165) is 12.0 Å². The fourth-order valence-electron chi connectivity index (χ4n) is 5.03. The van der Waals surface area contributed by atoms with E-state index < -0.39 is 5.63 Å². The topological polar surface area (TPSA) is 71.8 Å². The van der Waals surface area contributed by atoms with E-state index in [9.17, 15) is 9.59 Å². The first-order chi connectivity index (χ1) is 14.5. The number of nitrogens with zero attached hydrogens (tertiary/aromatic N) is 1. The van der Waals surface area contributed by atoms with Crippen LogP contribution < -0.4 is 15.7 Å². The lowest BCUT2D eigenvalue weighted by molar-refractivity contribution is -0.120. The number of nitrogens with one attached hydrogen (secondary N) is 1. The van der Waals surface area contributed by atoms with Crippen molar-refractivity contribution >= 4 is 28.5 Å². The molecule has 1 aromatic heterocycles. The molecule has 2 fully saturated rings. The summed E-state index contributed by atoms with van der Waals surface area (Å²) in [6, 6.07) is 3.90. The Bertz CT molecular complexity index is 1000. The van der Waals surface area contributed by atoms with Gasteiger partial charge in [-0.15, -0.1) is 0 Å². The lowest BCUT2D eigenvalue weighted by Gasteiger charge is -2.44. The quantitative estimate of drug-likeness (QED) is 0.729. The van der Waals surface area contributed by atoms with Gasteiger partial charge in [0.2, 0.25) is 5.91 Å². The Morgan fingerprint density at radius 2 is 2.07 bits per heavy atom. The predicted octanol–water partition coefficient (Wildman–Crippen LogP) is 3.69. The molecule has 1 N–H and O–H groups in total. The number of rotatable bonds is 5. The molecule has 0 aliphatic carbocycles. The molecule has 2 atom stereocenters. The largest absolute Gasteiger partial charge is 0.495 e. The van der Waals surface area contributed by atoms with Crippen LogP contribution >= 0.6 is 11.6 Å². The molecule has 7 heteroatoms. The highest BCUT2D eigenvalue weighted by Gasteiger charge is 2.33. The van der Waals surface area contributed by atoms with Crippen LogP contribution in [0.2, 0.25) is 5.02 Å². The fourth-order valence-corrected chi connectivity index (χ4v) is 5.27. The number of hydrogen-bond acceptors (Lipinski definition) is 5. The number of piperidine rings is 2. The molecular weight excluding hydrogens is 404 g/mol. The van der Waals surface area contributed by atoms with E-state index in [4.69, 9.17) is 20.8 Å². The molecule has 0 spiro atoms. The van der Waals surface area contributed by atoms with Crippen molar-refractivity contribution in [3.63, 3.8) is 0 Å². The number of methoxy groups -OCH3 is 1. The molecule has 162 valence electrons. The zero-order valence-corrected chi connectivity index (χ0v) is 18.4. The second kappa shape index (κ2) is 8.98. The van der Waals surface area contributed by atoms with Crippen LogP contribution in [0.4, 0.5) is 0 Å². The Morgan fingerprint density at radius 3 is 2.87 bits per heavy atom. The molecule has 1 amide bonds. The molecule has 2 aliphatic rings. The summed E-state index contributed by atoms with van der Waals surface area (Å²) < 4.78 is 10.6. The lowest BCUT2D eigenvalue weighted by atomic mass is 9.83. The Labute approximate surface area is 181 Å². The Kier molecular flexibility index (Phi) is 6.34. The van der Waals surface area contributed by atoms with E-state index in [1.165, 1.54) is 45.9 Å². The molecule has 2 aromatic rings. The first kappa shape index (κ1) is 21.2. The van der Waals surface area contributed by atoms with Gasteiger partial charge >= 0.3 is 5.63 Å². The summed E-state index contributed by atoms with van der Waals surface area (Å²) in [7, 11) is 1.51. The van der Waals surface area contributed by atoms with Gasteiger partial charge in [0.15, 0.2) is 0 Å². The summed E-state index contributed by atoms with van der Waals surface area (Å²) in [4.78, 5) is 27.8. The van der Waals surface area contributed by atoms with Gasteiger partial charge in [-0.1, -0.05) is 18.0 Å². The third-order valence-corrected chi connectivity index (χ3v) is 6.98. The normalized spacial score (nSPS) is 22.0. The fraction of sp³-hybridized carbons (Fsp3) is 0.565. The summed E-state index contributed by atoms with van der Waals surface area (Å²) in [5.74, 6) is 0.794. The van der Waals surface area contributed by atoms with Crippen LogP contribution in [0.15, 0.2) is 21.3 Å². The van der Waals surface area contributed by atoms with Gasteiger partial charge in [0, 0.05) is 24.0 Å². The van der Waals surface area contributed by atoms with E-state index >= 15 is 0 Å². The summed E-state index contributed by atoms with van der Waals surface area (Å²) in [5.41, 5.74) is 1.01. The maximum absolute atomic E-state index is 12.7. The molecule has 3 heterocycles. The molecule has 1 aromatic carbocycles. The molecule has 2 aliphatic heterocycles. The summed E-state index contributed by atoms with van der Waals surface area (Å²) >= 11 is 6.24. The van der Waals surface area contributed by atoms with Crippen LogP contribution in [0.25, 0.3) is 11.0 Å². The van der Waals surface area contributed by atoms with E-state index in [0.29, 0.717) is 45.8 Å². The van der Waals surface area contributed by atoms with Gasteiger partial charge in [0.25, 0.3) is 0 Å². The standard InChI is InChI=1S/C23H29ClN2O4/c1-14-16-10-18(24)21(29-2)12-20(16)30-23(28)17(14)11-22(27)25-13-15-6-5-9-26-8-4-3-7-19(15)26/h10,12,15,19H,3-9,11,13H2,1-2H3,(H,25,27)/t15-,19+/m0/s1. The van der Waals surface area contributed by atoms with Crippen LogP contribution in [0, 0.1) is 12.8 Å². The van der Waals surface area contributed by atoms with Crippen molar-refractivity contribution in [2.75, 3.05) is 26.7 Å². The average molecular weight is 433 g/mol. The minimum atomic E-state index is -0.490. The third-order valence-electron chi connectivity index (χ3n) is 6.69. The Morgan fingerprint density at radius 1 is 1.27 bits per heavy atom. The van der Waals surface area contributed by atoms with Crippen molar-refractivity contribution < 1.29 is 13.9 Å². The van der Waals surface area contributed by atoms with Crippen molar-refractivity contribution in [3.05, 3.63) is 38.7 Å². The van der Waals surface area contributed by atoms with E-state index in [1.54, 1.807) is 12.1 Å². The third kappa shape index (κ3) is 4.21. The van der Waals surface area contributed by atoms with Crippen LogP contribution in [0.3, 0.4) is 0 Å². The van der Waals surface area contributed by atoms with Gasteiger partial charge in [-0.2, -0.15) is 0 Å². The molecule has 0 radical (unpaired) electrons. The number of benzene rings is 1. The lowest BCUT2D eigenvalue weighted by Crippen LogP contribution is -2.51. The van der Waals surface area contributed by atoms with Gasteiger partial charge in [-0.25, -0.2) is 4.79 Å². The highest BCUT2D eigenvalue weighted by Crippen LogP contribution is 2.32. The molecular formula is C23H29ClN2O4. The number of fused-ring (bicyclic) bond motifs is 2. The maximum Gasteiger partial charge on any atom is 0.340 e. The van der Waals surface area contributed by atoms with Gasteiger partial charge in [0.05, 0.1) is 24.1 Å². The molecule has 0 saturated carbocycles. The minimum Gasteiger partial charge on any atom is -0.495 e. The molecule has 0 unspecified atom stereocenters. The van der Waals surface area contributed by atoms with E-state index in [1.807, 2.05) is 6.92 Å². The zero-order valence-electron chi connectivity index (χ0n) is 17.6. The number of aryl methyl sites for hydroxylation is 1. The Balaban J connectivity index is 1.47. The van der Waals surface area contributed by atoms with Crippen LogP contribution in [0.5, 0.6) is 5.75 Å². The van der Waals surface area contributed by atoms with Crippen molar-refractivity contribution in [1.29, 1.82) is 0 Å². The number of amides is 1. The molecule has 30 heavy (non-hydrogen) atoms. The number of hydrogen-bond donors (Lipinski definition) is 1. The number of ether oxygens (including phenoxy) is 1. The first-order valence-corrected chi connectivity index (χ1v) is 11.2. The van der Waals surface area contributed by atoms with Gasteiger partial charge < -0.3 is 19.4 Å². The predicted molar refractivity (Wildman–Crippen MR) is 117 cm³/mol. The number of carbonyl (C=O) groups excluding carboxylic acids is 1. The van der Waals surface area contributed by atoms with Gasteiger partial charge in [0.1, 0.15) is 11.3 Å². The van der Waals surface area contributed by atoms with Crippen molar-refractivity contribution in [2.45, 2.75) is 51.5 Å². The Hall–Kier alpha value is -2.05. The smallest absolute Gasteiger partial charge is 0.340 e. The van der Waals surface area contributed by atoms with Crippen molar-refractivity contribution in [2.24, 2.45) is 5.92 Å². The number of carbonyl (C=O) groups is 1. The molecule has 6 nitrogen and oxygen atoms in total. The summed E-state index contributed by atoms with van der Waals surface area (Å²) in [6.07, 6.45) is 6.12. The highest BCUT2D eigenvalue weighted by molar-refractivity contribution is 6.32. The van der Waals surface area contributed by atoms with Gasteiger partial charge in [-0.3, -0.25) is 4.79 Å².